The van der Waals surface area contributed by atoms with Gasteiger partial charge in [-0.05, 0) is 29.5 Å². The monoisotopic (exact) mass is 424 g/mol. The normalized spacial score (nSPS) is 14.4. The molecule has 3 aromatic rings. The highest BCUT2D eigenvalue weighted by Crippen LogP contribution is 2.23. The fourth-order valence-electron chi connectivity index (χ4n) is 3.35. The number of nitrogens with zero attached hydrogens (tertiary/aromatic N) is 6. The van der Waals surface area contributed by atoms with E-state index in [1.54, 1.807) is 16.2 Å². The maximum Gasteiger partial charge on any atom is 0.254 e. The van der Waals surface area contributed by atoms with Crippen LogP contribution in [0.5, 0.6) is 0 Å². The van der Waals surface area contributed by atoms with Crippen LogP contribution in [-0.4, -0.2) is 56.7 Å². The summed E-state index contributed by atoms with van der Waals surface area (Å²) in [6, 6.07) is 9.48. The molecule has 0 spiro atoms. The summed E-state index contributed by atoms with van der Waals surface area (Å²) in [7, 11) is 0. The van der Waals surface area contributed by atoms with Crippen molar-refractivity contribution in [2.75, 3.05) is 31.1 Å². The molecule has 1 fully saturated rings. The van der Waals surface area contributed by atoms with Gasteiger partial charge in [-0.2, -0.15) is 0 Å². The number of rotatable bonds is 5. The van der Waals surface area contributed by atoms with Crippen molar-refractivity contribution in [1.82, 2.24) is 24.6 Å². The quantitative estimate of drug-likeness (QED) is 0.625. The zero-order valence-electron chi connectivity index (χ0n) is 17.1. The molecule has 30 heavy (non-hydrogen) atoms. The smallest absolute Gasteiger partial charge is 0.254 e. The van der Waals surface area contributed by atoms with Gasteiger partial charge in [0, 0.05) is 32.2 Å². The summed E-state index contributed by atoms with van der Waals surface area (Å²) >= 11 is 1.64. The van der Waals surface area contributed by atoms with Crippen LogP contribution in [0, 0.1) is 0 Å². The lowest BCUT2D eigenvalue weighted by Gasteiger charge is -2.35. The second-order valence-corrected chi connectivity index (χ2v) is 8.50. The molecule has 0 N–H and O–H groups in total. The van der Waals surface area contributed by atoms with Gasteiger partial charge in [0.2, 0.25) is 5.91 Å². The molecular weight excluding hydrogens is 400 g/mol. The molecule has 0 aromatic carbocycles. The first-order chi connectivity index (χ1) is 14.5. The SMILES string of the molecule is CC(C)c1cc(=O)n(CC(=O)N2CCN(c3ccc(-c4cccs4)nn3)CC2)cn1. The third-order valence-corrected chi connectivity index (χ3v) is 6.07. The van der Waals surface area contributed by atoms with Gasteiger partial charge in [0.1, 0.15) is 12.2 Å². The van der Waals surface area contributed by atoms with E-state index in [1.165, 1.54) is 17.0 Å². The Labute approximate surface area is 178 Å². The Morgan fingerprint density at radius 2 is 1.93 bits per heavy atom. The van der Waals surface area contributed by atoms with E-state index in [4.69, 9.17) is 0 Å². The first kappa shape index (κ1) is 20.2. The van der Waals surface area contributed by atoms with Crippen LogP contribution >= 0.6 is 11.3 Å². The van der Waals surface area contributed by atoms with Crippen LogP contribution in [0.25, 0.3) is 10.6 Å². The average molecular weight is 425 g/mol. The molecule has 0 bridgehead atoms. The fourth-order valence-corrected chi connectivity index (χ4v) is 4.05. The van der Waals surface area contributed by atoms with Gasteiger partial charge in [-0.3, -0.25) is 14.2 Å². The Kier molecular flexibility index (Phi) is 5.89. The molecule has 1 aliphatic rings. The number of carbonyl (C=O) groups excluding carboxylic acids is 1. The zero-order chi connectivity index (χ0) is 21.1. The Bertz CT molecular complexity index is 1050. The fraction of sp³-hybridized carbons (Fsp3) is 0.381. The molecule has 0 unspecified atom stereocenters. The van der Waals surface area contributed by atoms with E-state index < -0.39 is 0 Å². The van der Waals surface area contributed by atoms with E-state index >= 15 is 0 Å². The molecule has 8 nitrogen and oxygen atoms in total. The summed E-state index contributed by atoms with van der Waals surface area (Å²) in [6.45, 7) is 6.50. The highest BCUT2D eigenvalue weighted by atomic mass is 32.1. The van der Waals surface area contributed by atoms with Crippen molar-refractivity contribution >= 4 is 23.1 Å². The van der Waals surface area contributed by atoms with E-state index in [1.807, 2.05) is 43.5 Å². The van der Waals surface area contributed by atoms with E-state index in [9.17, 15) is 9.59 Å². The lowest BCUT2D eigenvalue weighted by molar-refractivity contribution is -0.132. The second kappa shape index (κ2) is 8.74. The van der Waals surface area contributed by atoms with Crippen LogP contribution in [0.3, 0.4) is 0 Å². The Morgan fingerprint density at radius 1 is 1.13 bits per heavy atom. The van der Waals surface area contributed by atoms with Gasteiger partial charge in [-0.25, -0.2) is 4.98 Å². The molecule has 1 amide bonds. The van der Waals surface area contributed by atoms with E-state index in [0.717, 1.165) is 22.1 Å². The van der Waals surface area contributed by atoms with Crippen LogP contribution < -0.4 is 10.5 Å². The standard InChI is InChI=1S/C21H24N6O2S/c1-15(2)17-12-20(28)27(14-22-17)13-21(29)26-9-7-25(8-10-26)19-6-5-16(23-24-19)18-4-3-11-30-18/h3-6,11-12,14-15H,7-10,13H2,1-2H3. The molecule has 0 aliphatic carbocycles. The molecule has 0 radical (unpaired) electrons. The number of piperazine rings is 1. The third-order valence-electron chi connectivity index (χ3n) is 5.18. The predicted octanol–water partition coefficient (Wildman–Crippen LogP) is 2.23. The molecule has 4 rings (SSSR count). The average Bonchev–Trinajstić information content (AvgIpc) is 3.30. The summed E-state index contributed by atoms with van der Waals surface area (Å²) in [5.41, 5.74) is 1.41. The van der Waals surface area contributed by atoms with Gasteiger partial charge in [0.25, 0.3) is 5.56 Å². The van der Waals surface area contributed by atoms with Crippen molar-refractivity contribution < 1.29 is 4.79 Å². The largest absolute Gasteiger partial charge is 0.352 e. The van der Waals surface area contributed by atoms with E-state index in [2.05, 4.69) is 20.1 Å². The number of anilines is 1. The first-order valence-corrected chi connectivity index (χ1v) is 10.9. The minimum absolute atomic E-state index is 0.0134. The highest BCUT2D eigenvalue weighted by Gasteiger charge is 2.22. The number of amides is 1. The first-order valence-electron chi connectivity index (χ1n) is 9.98. The molecule has 1 aliphatic heterocycles. The molecule has 0 atom stereocenters. The van der Waals surface area contributed by atoms with Gasteiger partial charge in [0.05, 0.1) is 16.9 Å². The van der Waals surface area contributed by atoms with Gasteiger partial charge >= 0.3 is 0 Å². The lowest BCUT2D eigenvalue weighted by atomic mass is 10.1. The maximum atomic E-state index is 12.7. The van der Waals surface area contributed by atoms with Crippen molar-refractivity contribution in [2.45, 2.75) is 26.3 Å². The van der Waals surface area contributed by atoms with Crippen LogP contribution in [0.15, 0.2) is 46.8 Å². The molecular formula is C21H24N6O2S. The molecule has 1 saturated heterocycles. The van der Waals surface area contributed by atoms with Gasteiger partial charge < -0.3 is 9.80 Å². The summed E-state index contributed by atoms with van der Waals surface area (Å²) in [4.78, 5) is 34.2. The van der Waals surface area contributed by atoms with Gasteiger partial charge in [0.15, 0.2) is 5.82 Å². The van der Waals surface area contributed by atoms with Crippen LogP contribution in [0.4, 0.5) is 5.82 Å². The molecule has 156 valence electrons. The summed E-state index contributed by atoms with van der Waals surface area (Å²) in [5, 5.41) is 10.7. The molecule has 4 heterocycles. The molecule has 0 saturated carbocycles. The predicted molar refractivity (Wildman–Crippen MR) is 117 cm³/mol. The number of thiophene rings is 1. The Hall–Kier alpha value is -3.07. The van der Waals surface area contributed by atoms with Crippen molar-refractivity contribution in [3.63, 3.8) is 0 Å². The van der Waals surface area contributed by atoms with E-state index in [-0.39, 0.29) is 23.9 Å². The summed E-state index contributed by atoms with van der Waals surface area (Å²) in [5.74, 6) is 0.917. The minimum Gasteiger partial charge on any atom is -0.352 e. The van der Waals surface area contributed by atoms with Crippen molar-refractivity contribution in [3.05, 3.63) is 58.1 Å². The molecule has 3 aromatic heterocycles. The lowest BCUT2D eigenvalue weighted by Crippen LogP contribution is -2.50. The van der Waals surface area contributed by atoms with Gasteiger partial charge in [-0.1, -0.05) is 19.9 Å². The number of aromatic nitrogens is 4. The van der Waals surface area contributed by atoms with E-state index in [0.29, 0.717) is 26.2 Å². The highest BCUT2D eigenvalue weighted by molar-refractivity contribution is 7.13. The second-order valence-electron chi connectivity index (χ2n) is 7.56. The summed E-state index contributed by atoms with van der Waals surface area (Å²) < 4.78 is 1.37. The van der Waals surface area contributed by atoms with Crippen molar-refractivity contribution in [3.8, 4) is 10.6 Å². The Balaban J connectivity index is 1.34. The third kappa shape index (κ3) is 4.40. The number of carbonyl (C=O) groups is 1. The minimum atomic E-state index is -0.193. The number of hydrogen-bond acceptors (Lipinski definition) is 7. The maximum absolute atomic E-state index is 12.7. The van der Waals surface area contributed by atoms with Crippen LogP contribution in [-0.2, 0) is 11.3 Å². The van der Waals surface area contributed by atoms with Crippen LogP contribution in [0.1, 0.15) is 25.5 Å². The summed E-state index contributed by atoms with van der Waals surface area (Å²) in [6.07, 6.45) is 1.47. The van der Waals surface area contributed by atoms with Crippen LogP contribution in [0.2, 0.25) is 0 Å². The molecule has 9 heteroatoms. The van der Waals surface area contributed by atoms with Crippen molar-refractivity contribution in [1.29, 1.82) is 0 Å². The number of hydrogen-bond donors (Lipinski definition) is 0. The van der Waals surface area contributed by atoms with Gasteiger partial charge in [-0.15, -0.1) is 21.5 Å². The van der Waals surface area contributed by atoms with Crippen molar-refractivity contribution in [2.24, 2.45) is 0 Å². The topological polar surface area (TPSA) is 84.2 Å². The zero-order valence-corrected chi connectivity index (χ0v) is 17.9. The Morgan fingerprint density at radius 3 is 2.53 bits per heavy atom.